The van der Waals surface area contributed by atoms with Gasteiger partial charge in [-0.2, -0.15) is 0 Å². The van der Waals surface area contributed by atoms with E-state index in [2.05, 4.69) is 47.6 Å². The maximum atomic E-state index is 10.4. The molecule has 2 atom stereocenters. The third kappa shape index (κ3) is 3.10. The summed E-state index contributed by atoms with van der Waals surface area (Å²) in [6.07, 6.45) is 1.67. The largest absolute Gasteiger partial charge is 0.388 e. The molecule has 0 spiro atoms. The van der Waals surface area contributed by atoms with Crippen LogP contribution in [-0.4, -0.2) is 5.11 Å². The van der Waals surface area contributed by atoms with Crippen molar-refractivity contribution in [2.24, 2.45) is 5.92 Å². The second kappa shape index (κ2) is 5.68. The van der Waals surface area contributed by atoms with Crippen LogP contribution in [0.4, 0.5) is 0 Å². The Labute approximate surface area is 106 Å². The van der Waals surface area contributed by atoms with Crippen molar-refractivity contribution >= 4 is 0 Å². The van der Waals surface area contributed by atoms with E-state index >= 15 is 0 Å². The average Bonchev–Trinajstić information content (AvgIpc) is 2.26. The lowest BCUT2D eigenvalue weighted by atomic mass is 9.87. The van der Waals surface area contributed by atoms with Crippen LogP contribution in [0.5, 0.6) is 0 Å². The van der Waals surface area contributed by atoms with Gasteiger partial charge in [0.15, 0.2) is 0 Å². The van der Waals surface area contributed by atoms with Gasteiger partial charge in [0.05, 0.1) is 6.10 Å². The molecule has 0 saturated carbocycles. The highest BCUT2D eigenvalue weighted by atomic mass is 16.3. The lowest BCUT2D eigenvalue weighted by molar-refractivity contribution is 0.145. The molecule has 0 amide bonds. The number of aliphatic hydroxyl groups is 1. The first-order valence-electron chi connectivity index (χ1n) is 6.63. The van der Waals surface area contributed by atoms with E-state index < -0.39 is 0 Å². The molecule has 0 heterocycles. The van der Waals surface area contributed by atoms with Gasteiger partial charge in [-0.1, -0.05) is 26.3 Å². The predicted octanol–water partition coefficient (Wildman–Crippen LogP) is 4.39. The Balaban J connectivity index is 3.12. The van der Waals surface area contributed by atoms with Gasteiger partial charge in [-0.05, 0) is 67.9 Å². The molecule has 1 rings (SSSR count). The van der Waals surface area contributed by atoms with Crippen molar-refractivity contribution in [2.75, 3.05) is 0 Å². The molecule has 2 unspecified atom stereocenters. The molecule has 0 aliphatic carbocycles. The smallest absolute Gasteiger partial charge is 0.0797 e. The standard InChI is InChI=1S/C16H26O/c1-7-10(2)8-15(17)16-13(5)11(3)9-12(4)14(16)6/h9-10,15,17H,7-8H2,1-6H3. The number of aryl methyl sites for hydroxylation is 2. The first-order chi connectivity index (χ1) is 7.88. The zero-order valence-corrected chi connectivity index (χ0v) is 12.1. The second-order valence-electron chi connectivity index (χ2n) is 5.44. The first kappa shape index (κ1) is 14.2. The molecule has 1 aromatic rings. The maximum absolute atomic E-state index is 10.4. The van der Waals surface area contributed by atoms with Gasteiger partial charge < -0.3 is 5.11 Å². The van der Waals surface area contributed by atoms with E-state index in [0.717, 1.165) is 18.4 Å². The second-order valence-corrected chi connectivity index (χ2v) is 5.44. The molecule has 17 heavy (non-hydrogen) atoms. The Bertz CT molecular complexity index is 367. The number of hydrogen-bond donors (Lipinski definition) is 1. The number of benzene rings is 1. The van der Waals surface area contributed by atoms with Gasteiger partial charge in [0.1, 0.15) is 0 Å². The van der Waals surface area contributed by atoms with Gasteiger partial charge in [0, 0.05) is 0 Å². The van der Waals surface area contributed by atoms with E-state index in [4.69, 9.17) is 0 Å². The number of hydrogen-bond acceptors (Lipinski definition) is 1. The van der Waals surface area contributed by atoms with Gasteiger partial charge in [-0.3, -0.25) is 0 Å². The normalized spacial score (nSPS) is 14.8. The Kier molecular flexibility index (Phi) is 4.76. The topological polar surface area (TPSA) is 20.2 Å². The fourth-order valence-electron chi connectivity index (χ4n) is 2.41. The molecular weight excluding hydrogens is 208 g/mol. The van der Waals surface area contributed by atoms with Crippen molar-refractivity contribution in [3.05, 3.63) is 33.9 Å². The van der Waals surface area contributed by atoms with Gasteiger partial charge >= 0.3 is 0 Å². The van der Waals surface area contributed by atoms with E-state index in [0.29, 0.717) is 5.92 Å². The van der Waals surface area contributed by atoms with Crippen LogP contribution in [0.25, 0.3) is 0 Å². The summed E-state index contributed by atoms with van der Waals surface area (Å²) >= 11 is 0. The summed E-state index contributed by atoms with van der Waals surface area (Å²) < 4.78 is 0. The maximum Gasteiger partial charge on any atom is 0.0797 e. The van der Waals surface area contributed by atoms with Gasteiger partial charge in [0.25, 0.3) is 0 Å². The molecule has 0 bridgehead atoms. The summed E-state index contributed by atoms with van der Waals surface area (Å²) in [5, 5.41) is 10.4. The molecule has 0 saturated heterocycles. The molecule has 0 aromatic heterocycles. The molecule has 1 N–H and O–H groups in total. The zero-order valence-electron chi connectivity index (χ0n) is 12.1. The minimum absolute atomic E-state index is 0.316. The monoisotopic (exact) mass is 234 g/mol. The van der Waals surface area contributed by atoms with Crippen LogP contribution in [0.3, 0.4) is 0 Å². The lowest BCUT2D eigenvalue weighted by Gasteiger charge is -2.22. The summed E-state index contributed by atoms with van der Waals surface area (Å²) in [6.45, 7) is 12.9. The van der Waals surface area contributed by atoms with E-state index in [1.165, 1.54) is 22.3 Å². The van der Waals surface area contributed by atoms with Crippen molar-refractivity contribution in [3.8, 4) is 0 Å². The summed E-state index contributed by atoms with van der Waals surface area (Å²) in [4.78, 5) is 0. The molecule has 0 aliphatic heterocycles. The third-order valence-electron chi connectivity index (χ3n) is 4.08. The van der Waals surface area contributed by atoms with Crippen LogP contribution in [-0.2, 0) is 0 Å². The SMILES string of the molecule is CCC(C)CC(O)c1c(C)c(C)cc(C)c1C. The van der Waals surface area contributed by atoms with Gasteiger partial charge in [-0.25, -0.2) is 0 Å². The van der Waals surface area contributed by atoms with Crippen molar-refractivity contribution in [1.82, 2.24) is 0 Å². The Morgan fingerprint density at radius 3 is 1.94 bits per heavy atom. The molecule has 96 valence electrons. The summed E-state index contributed by atoms with van der Waals surface area (Å²) in [5.41, 5.74) is 6.23. The molecule has 0 aliphatic rings. The van der Waals surface area contributed by atoms with Crippen LogP contribution in [0.2, 0.25) is 0 Å². The highest BCUT2D eigenvalue weighted by Gasteiger charge is 2.18. The van der Waals surface area contributed by atoms with Crippen LogP contribution < -0.4 is 0 Å². The number of rotatable bonds is 4. The Hall–Kier alpha value is -0.820. The average molecular weight is 234 g/mol. The lowest BCUT2D eigenvalue weighted by Crippen LogP contribution is -2.09. The molecule has 0 fully saturated rings. The summed E-state index contributed by atoms with van der Waals surface area (Å²) in [6, 6.07) is 2.21. The van der Waals surface area contributed by atoms with E-state index in [9.17, 15) is 5.11 Å². The van der Waals surface area contributed by atoms with E-state index in [1.54, 1.807) is 0 Å². The van der Waals surface area contributed by atoms with Crippen LogP contribution in [0, 0.1) is 33.6 Å². The zero-order chi connectivity index (χ0) is 13.2. The highest BCUT2D eigenvalue weighted by molar-refractivity contribution is 5.45. The first-order valence-corrected chi connectivity index (χ1v) is 6.63. The minimum Gasteiger partial charge on any atom is -0.388 e. The molecule has 0 radical (unpaired) electrons. The van der Waals surface area contributed by atoms with E-state index in [-0.39, 0.29) is 6.10 Å². The van der Waals surface area contributed by atoms with E-state index in [1.807, 2.05) is 0 Å². The van der Waals surface area contributed by atoms with Crippen LogP contribution in [0.1, 0.15) is 60.6 Å². The minimum atomic E-state index is -0.316. The molecule has 1 aromatic carbocycles. The summed E-state index contributed by atoms with van der Waals surface area (Å²) in [5.74, 6) is 0.574. The van der Waals surface area contributed by atoms with Crippen LogP contribution >= 0.6 is 0 Å². The quantitative estimate of drug-likeness (QED) is 0.819. The predicted molar refractivity (Wildman–Crippen MR) is 74.4 cm³/mol. The van der Waals surface area contributed by atoms with Crippen molar-refractivity contribution < 1.29 is 5.11 Å². The fourth-order valence-corrected chi connectivity index (χ4v) is 2.41. The van der Waals surface area contributed by atoms with Crippen LogP contribution in [0.15, 0.2) is 6.07 Å². The molecule has 1 heteroatoms. The summed E-state index contributed by atoms with van der Waals surface area (Å²) in [7, 11) is 0. The number of aliphatic hydroxyl groups excluding tert-OH is 1. The molecular formula is C16H26O. The van der Waals surface area contributed by atoms with Gasteiger partial charge in [-0.15, -0.1) is 0 Å². The van der Waals surface area contributed by atoms with Crippen molar-refractivity contribution in [1.29, 1.82) is 0 Å². The van der Waals surface area contributed by atoms with Gasteiger partial charge in [0.2, 0.25) is 0 Å². The third-order valence-corrected chi connectivity index (χ3v) is 4.08. The van der Waals surface area contributed by atoms with Crippen molar-refractivity contribution in [2.45, 2.75) is 60.5 Å². The Morgan fingerprint density at radius 2 is 1.53 bits per heavy atom. The van der Waals surface area contributed by atoms with Crippen molar-refractivity contribution in [3.63, 3.8) is 0 Å². The molecule has 1 nitrogen and oxygen atoms in total. The Morgan fingerprint density at radius 1 is 1.06 bits per heavy atom. The highest BCUT2D eigenvalue weighted by Crippen LogP contribution is 2.31. The fraction of sp³-hybridized carbons (Fsp3) is 0.625.